The zero-order chi connectivity index (χ0) is 25.8. The smallest absolute Gasteiger partial charge is 0.258 e. The van der Waals surface area contributed by atoms with E-state index in [4.69, 9.17) is 16.3 Å². The molecule has 0 spiro atoms. The highest BCUT2D eigenvalue weighted by molar-refractivity contribution is 6.30. The van der Waals surface area contributed by atoms with Gasteiger partial charge < -0.3 is 19.4 Å². The summed E-state index contributed by atoms with van der Waals surface area (Å²) in [6.07, 6.45) is 2.08. The van der Waals surface area contributed by atoms with Crippen molar-refractivity contribution in [2.75, 3.05) is 44.7 Å². The Bertz CT molecular complexity index is 1240. The minimum absolute atomic E-state index is 0.0281. The Labute approximate surface area is 223 Å². The number of ether oxygens (including phenoxy) is 1. The molecule has 7 heteroatoms. The zero-order valence-corrected chi connectivity index (χ0v) is 21.9. The third kappa shape index (κ3) is 5.97. The molecular formula is C30H32ClN3O3. The molecule has 1 unspecified atom stereocenters. The highest BCUT2D eigenvalue weighted by Gasteiger charge is 2.30. The average Bonchev–Trinajstić information content (AvgIpc) is 3.09. The summed E-state index contributed by atoms with van der Waals surface area (Å²) in [6.45, 7) is 3.92. The fourth-order valence-electron chi connectivity index (χ4n) is 5.13. The van der Waals surface area contributed by atoms with Gasteiger partial charge in [-0.2, -0.15) is 0 Å². The zero-order valence-electron chi connectivity index (χ0n) is 21.1. The molecule has 1 saturated heterocycles. The number of likely N-dealkylation sites (N-methyl/N-ethyl adjacent to an activating group) is 1. The molecule has 192 valence electrons. The molecule has 37 heavy (non-hydrogen) atoms. The summed E-state index contributed by atoms with van der Waals surface area (Å²) >= 11 is 6.41. The molecule has 1 fully saturated rings. The van der Waals surface area contributed by atoms with Crippen LogP contribution >= 0.6 is 11.6 Å². The van der Waals surface area contributed by atoms with Gasteiger partial charge in [0.25, 0.3) is 5.91 Å². The first-order valence-electron chi connectivity index (χ1n) is 12.9. The number of carbonyl (C=O) groups is 2. The van der Waals surface area contributed by atoms with Gasteiger partial charge in [-0.15, -0.1) is 0 Å². The number of hydrogen-bond acceptors (Lipinski definition) is 4. The normalized spacial score (nSPS) is 18.2. The Balaban J connectivity index is 1.34. The molecule has 2 amide bonds. The second-order valence-electron chi connectivity index (χ2n) is 9.83. The lowest BCUT2D eigenvalue weighted by Crippen LogP contribution is -2.47. The number of hydrogen-bond donors (Lipinski definition) is 0. The summed E-state index contributed by atoms with van der Waals surface area (Å²) in [5.41, 5.74) is 2.41. The lowest BCUT2D eigenvalue weighted by atomic mass is 9.90. The van der Waals surface area contributed by atoms with Crippen LogP contribution in [0.2, 0.25) is 5.02 Å². The largest absolute Gasteiger partial charge is 0.457 e. The van der Waals surface area contributed by atoms with Crippen LogP contribution in [0.3, 0.4) is 0 Å². The van der Waals surface area contributed by atoms with E-state index in [1.165, 1.54) is 0 Å². The van der Waals surface area contributed by atoms with E-state index in [-0.39, 0.29) is 17.7 Å². The van der Waals surface area contributed by atoms with Gasteiger partial charge in [0.2, 0.25) is 5.91 Å². The molecule has 1 atom stereocenters. The van der Waals surface area contributed by atoms with Crippen molar-refractivity contribution in [3.05, 3.63) is 88.9 Å². The first kappa shape index (κ1) is 25.3. The lowest BCUT2D eigenvalue weighted by molar-refractivity contribution is -0.133. The molecular weight excluding hydrogens is 486 g/mol. The van der Waals surface area contributed by atoms with Crippen LogP contribution in [-0.2, 0) is 4.79 Å². The van der Waals surface area contributed by atoms with Gasteiger partial charge in [-0.1, -0.05) is 29.8 Å². The van der Waals surface area contributed by atoms with Gasteiger partial charge in [-0.25, -0.2) is 0 Å². The number of nitrogens with zero attached hydrogens (tertiary/aromatic N) is 3. The topological polar surface area (TPSA) is 53.1 Å². The van der Waals surface area contributed by atoms with Crippen molar-refractivity contribution >= 4 is 29.1 Å². The summed E-state index contributed by atoms with van der Waals surface area (Å²) < 4.78 is 5.88. The van der Waals surface area contributed by atoms with E-state index in [1.54, 1.807) is 12.1 Å². The molecule has 0 N–H and O–H groups in total. The van der Waals surface area contributed by atoms with E-state index >= 15 is 0 Å². The molecule has 2 heterocycles. The SMILES string of the molecule is CN1CCN(C(=O)CC2CCCN(C(=O)c3ccc(Oc4ccccc4)cc3)c3ccc(Cl)cc32)CC1. The van der Waals surface area contributed by atoms with E-state index in [2.05, 4.69) is 11.9 Å². The molecule has 0 saturated carbocycles. The number of halogens is 1. The van der Waals surface area contributed by atoms with Crippen LogP contribution < -0.4 is 9.64 Å². The van der Waals surface area contributed by atoms with Gasteiger partial charge in [-0.3, -0.25) is 9.59 Å². The van der Waals surface area contributed by atoms with Gasteiger partial charge in [0, 0.05) is 55.4 Å². The summed E-state index contributed by atoms with van der Waals surface area (Å²) in [5.74, 6) is 1.56. The van der Waals surface area contributed by atoms with Gasteiger partial charge in [0.1, 0.15) is 11.5 Å². The maximum atomic E-state index is 13.6. The van der Waals surface area contributed by atoms with Crippen molar-refractivity contribution < 1.29 is 14.3 Å². The van der Waals surface area contributed by atoms with Crippen LogP contribution in [0.15, 0.2) is 72.8 Å². The summed E-state index contributed by atoms with van der Waals surface area (Å²) in [4.78, 5) is 32.9. The fourth-order valence-corrected chi connectivity index (χ4v) is 5.32. The predicted molar refractivity (Wildman–Crippen MR) is 147 cm³/mol. The molecule has 3 aromatic rings. The summed E-state index contributed by atoms with van der Waals surface area (Å²) in [7, 11) is 2.08. The second-order valence-corrected chi connectivity index (χ2v) is 10.3. The van der Waals surface area contributed by atoms with Crippen molar-refractivity contribution in [1.82, 2.24) is 9.80 Å². The van der Waals surface area contributed by atoms with Gasteiger partial charge in [0.15, 0.2) is 0 Å². The standard InChI is InChI=1S/C30H32ClN3O3/c1-32-16-18-33(19-17-32)29(35)20-23-6-5-15-34(28-14-11-24(31)21-27(23)28)30(36)22-9-12-26(13-10-22)37-25-7-3-2-4-8-25/h2-4,7-14,21,23H,5-6,15-20H2,1H3. The van der Waals surface area contributed by atoms with Crippen LogP contribution in [0, 0.1) is 0 Å². The minimum atomic E-state index is -0.0686. The number of benzene rings is 3. The molecule has 2 aliphatic rings. The molecule has 3 aromatic carbocycles. The molecule has 0 aliphatic carbocycles. The maximum absolute atomic E-state index is 13.6. The Kier molecular flexibility index (Phi) is 7.77. The van der Waals surface area contributed by atoms with Crippen molar-refractivity contribution in [2.45, 2.75) is 25.2 Å². The van der Waals surface area contributed by atoms with Crippen molar-refractivity contribution in [3.63, 3.8) is 0 Å². The van der Waals surface area contributed by atoms with E-state index in [0.29, 0.717) is 29.3 Å². The lowest BCUT2D eigenvalue weighted by Gasteiger charge is -2.33. The highest BCUT2D eigenvalue weighted by atomic mass is 35.5. The van der Waals surface area contributed by atoms with Gasteiger partial charge in [-0.05, 0) is 86.0 Å². The highest BCUT2D eigenvalue weighted by Crippen LogP contribution is 2.39. The molecule has 0 aromatic heterocycles. The number of fused-ring (bicyclic) bond motifs is 1. The predicted octanol–water partition coefficient (Wildman–Crippen LogP) is 5.82. The third-order valence-corrected chi connectivity index (χ3v) is 7.49. The average molecular weight is 518 g/mol. The molecule has 0 bridgehead atoms. The number of piperazine rings is 1. The molecule has 5 rings (SSSR count). The van der Waals surface area contributed by atoms with Crippen LogP contribution in [0.25, 0.3) is 0 Å². The Morgan fingerprint density at radius 3 is 2.32 bits per heavy atom. The molecule has 2 aliphatic heterocycles. The number of carbonyl (C=O) groups excluding carboxylic acids is 2. The Hall–Kier alpha value is -3.35. The van der Waals surface area contributed by atoms with E-state index < -0.39 is 0 Å². The Morgan fingerprint density at radius 1 is 0.892 bits per heavy atom. The van der Waals surface area contributed by atoms with Crippen LogP contribution in [0.4, 0.5) is 5.69 Å². The third-order valence-electron chi connectivity index (χ3n) is 7.26. The molecule has 6 nitrogen and oxygen atoms in total. The van der Waals surface area contributed by atoms with Crippen molar-refractivity contribution in [1.29, 1.82) is 0 Å². The van der Waals surface area contributed by atoms with Gasteiger partial charge in [0.05, 0.1) is 0 Å². The summed E-state index contributed by atoms with van der Waals surface area (Å²) in [6, 6.07) is 22.5. The van der Waals surface area contributed by atoms with Gasteiger partial charge >= 0.3 is 0 Å². The minimum Gasteiger partial charge on any atom is -0.457 e. The van der Waals surface area contributed by atoms with E-state index in [0.717, 1.165) is 56.0 Å². The second kappa shape index (κ2) is 11.4. The van der Waals surface area contributed by atoms with Crippen molar-refractivity contribution in [3.8, 4) is 11.5 Å². The number of para-hydroxylation sites is 1. The quantitative estimate of drug-likeness (QED) is 0.428. The number of anilines is 1. The first-order chi connectivity index (χ1) is 18.0. The summed E-state index contributed by atoms with van der Waals surface area (Å²) in [5, 5.41) is 0.618. The molecule has 0 radical (unpaired) electrons. The maximum Gasteiger partial charge on any atom is 0.258 e. The first-order valence-corrected chi connectivity index (χ1v) is 13.3. The van der Waals surface area contributed by atoms with Crippen LogP contribution in [0.5, 0.6) is 11.5 Å². The monoisotopic (exact) mass is 517 g/mol. The fraction of sp³-hybridized carbons (Fsp3) is 0.333. The van der Waals surface area contributed by atoms with Crippen LogP contribution in [-0.4, -0.2) is 61.4 Å². The van der Waals surface area contributed by atoms with Crippen molar-refractivity contribution in [2.24, 2.45) is 0 Å². The number of rotatable bonds is 5. The van der Waals surface area contributed by atoms with Crippen LogP contribution in [0.1, 0.15) is 41.1 Å². The number of amides is 2. The van der Waals surface area contributed by atoms with E-state index in [9.17, 15) is 9.59 Å². The van der Waals surface area contributed by atoms with E-state index in [1.807, 2.05) is 70.5 Å². The Morgan fingerprint density at radius 2 is 1.59 bits per heavy atom.